The lowest BCUT2D eigenvalue weighted by atomic mass is 9.71. The Morgan fingerprint density at radius 3 is 2.26 bits per heavy atom. The second-order valence-corrected chi connectivity index (χ2v) is 7.37. The Bertz CT molecular complexity index is 613. The van der Waals surface area contributed by atoms with Crippen molar-refractivity contribution in [2.24, 2.45) is 5.41 Å². The molecule has 1 aromatic rings. The molecule has 23 heavy (non-hydrogen) atoms. The molecule has 5 nitrogen and oxygen atoms in total. The average Bonchev–Trinajstić information content (AvgIpc) is 2.88. The van der Waals surface area contributed by atoms with E-state index >= 15 is 0 Å². The van der Waals surface area contributed by atoms with Crippen LogP contribution in [0, 0.1) is 19.3 Å². The number of carbonyl (C=O) groups is 2. The van der Waals surface area contributed by atoms with E-state index in [0.29, 0.717) is 19.4 Å². The molecule has 1 aliphatic heterocycles. The molecule has 1 fully saturated rings. The van der Waals surface area contributed by atoms with Crippen LogP contribution in [0.4, 0.5) is 10.5 Å². The minimum Gasteiger partial charge on any atom is -0.465 e. The van der Waals surface area contributed by atoms with Gasteiger partial charge in [0, 0.05) is 12.2 Å². The molecule has 0 aliphatic carbocycles. The smallest absolute Gasteiger partial charge is 0.408 e. The number of para-hydroxylation sites is 1. The Labute approximate surface area is 137 Å². The van der Waals surface area contributed by atoms with Crippen LogP contribution < -0.4 is 5.32 Å². The zero-order valence-corrected chi connectivity index (χ0v) is 14.6. The highest BCUT2D eigenvalue weighted by atomic mass is 16.4. The van der Waals surface area contributed by atoms with Crippen molar-refractivity contribution in [3.8, 4) is 0 Å². The van der Waals surface area contributed by atoms with Crippen LogP contribution in [0.1, 0.15) is 44.7 Å². The fourth-order valence-electron chi connectivity index (χ4n) is 3.66. The number of anilines is 1. The van der Waals surface area contributed by atoms with E-state index in [1.807, 2.05) is 52.8 Å². The van der Waals surface area contributed by atoms with Crippen molar-refractivity contribution < 1.29 is 14.7 Å². The van der Waals surface area contributed by atoms with Gasteiger partial charge in [-0.15, -0.1) is 0 Å². The zero-order chi connectivity index (χ0) is 17.4. The standard InChI is InChI=1S/C18H26N2O3/c1-12-8-6-9-13(2)14(12)19-15(21)18(17(3,4)5)10-7-11-20(18)16(22)23/h6,8-9H,7,10-11H2,1-5H3,(H,19,21)(H,22,23)/t18-/m1/s1. The quantitative estimate of drug-likeness (QED) is 0.871. The lowest BCUT2D eigenvalue weighted by Gasteiger charge is -2.45. The normalized spacial score (nSPS) is 21.3. The molecule has 1 aliphatic rings. The molecule has 1 saturated heterocycles. The molecular weight excluding hydrogens is 292 g/mol. The number of amides is 2. The molecule has 126 valence electrons. The molecule has 2 N–H and O–H groups in total. The molecular formula is C18H26N2O3. The van der Waals surface area contributed by atoms with Crippen LogP contribution in [-0.4, -0.2) is 34.1 Å². The largest absolute Gasteiger partial charge is 0.465 e. The van der Waals surface area contributed by atoms with Crippen molar-refractivity contribution >= 4 is 17.7 Å². The summed E-state index contributed by atoms with van der Waals surface area (Å²) in [6.07, 6.45) is 0.206. The lowest BCUT2D eigenvalue weighted by molar-refractivity contribution is -0.131. The van der Waals surface area contributed by atoms with Crippen LogP contribution in [0.5, 0.6) is 0 Å². The fourth-order valence-corrected chi connectivity index (χ4v) is 3.66. The highest BCUT2D eigenvalue weighted by Crippen LogP contribution is 2.44. The van der Waals surface area contributed by atoms with Crippen LogP contribution in [0.15, 0.2) is 18.2 Å². The second kappa shape index (κ2) is 5.87. The molecule has 0 aromatic heterocycles. The van der Waals surface area contributed by atoms with Gasteiger partial charge in [-0.2, -0.15) is 0 Å². The second-order valence-electron chi connectivity index (χ2n) is 7.37. The van der Waals surface area contributed by atoms with Crippen molar-refractivity contribution in [1.29, 1.82) is 0 Å². The van der Waals surface area contributed by atoms with Crippen molar-refractivity contribution in [3.63, 3.8) is 0 Å². The van der Waals surface area contributed by atoms with Crippen LogP contribution in [0.3, 0.4) is 0 Å². The molecule has 2 amide bonds. The van der Waals surface area contributed by atoms with E-state index in [0.717, 1.165) is 16.8 Å². The predicted octanol–water partition coefficient (Wildman–Crippen LogP) is 3.80. The summed E-state index contributed by atoms with van der Waals surface area (Å²) < 4.78 is 0. The van der Waals surface area contributed by atoms with Gasteiger partial charge < -0.3 is 10.4 Å². The van der Waals surface area contributed by atoms with Crippen LogP contribution in [0.2, 0.25) is 0 Å². The van der Waals surface area contributed by atoms with Crippen molar-refractivity contribution in [1.82, 2.24) is 4.90 Å². The topological polar surface area (TPSA) is 69.6 Å². The van der Waals surface area contributed by atoms with Crippen LogP contribution >= 0.6 is 0 Å². The summed E-state index contributed by atoms with van der Waals surface area (Å²) >= 11 is 0. The number of hydrogen-bond acceptors (Lipinski definition) is 2. The van der Waals surface area contributed by atoms with Gasteiger partial charge in [-0.3, -0.25) is 9.69 Å². The van der Waals surface area contributed by atoms with Crippen LogP contribution in [-0.2, 0) is 4.79 Å². The summed E-state index contributed by atoms with van der Waals surface area (Å²) in [7, 11) is 0. The average molecular weight is 318 g/mol. The Balaban J connectivity index is 2.45. The van der Waals surface area contributed by atoms with E-state index < -0.39 is 17.0 Å². The first-order chi connectivity index (χ1) is 10.6. The molecule has 1 atom stereocenters. The number of aryl methyl sites for hydroxylation is 2. The Hall–Kier alpha value is -2.04. The summed E-state index contributed by atoms with van der Waals surface area (Å²) in [5.74, 6) is -0.234. The van der Waals surface area contributed by atoms with E-state index in [4.69, 9.17) is 0 Å². The Morgan fingerprint density at radius 1 is 1.22 bits per heavy atom. The highest BCUT2D eigenvalue weighted by Gasteiger charge is 2.57. The molecule has 0 unspecified atom stereocenters. The van der Waals surface area contributed by atoms with Gasteiger partial charge in [0.1, 0.15) is 5.54 Å². The van der Waals surface area contributed by atoms with Gasteiger partial charge in [-0.1, -0.05) is 39.0 Å². The van der Waals surface area contributed by atoms with Crippen molar-refractivity contribution in [3.05, 3.63) is 29.3 Å². The monoisotopic (exact) mass is 318 g/mol. The number of hydrogen-bond donors (Lipinski definition) is 2. The first-order valence-electron chi connectivity index (χ1n) is 7.99. The first kappa shape index (κ1) is 17.3. The number of likely N-dealkylation sites (tertiary alicyclic amines) is 1. The van der Waals surface area contributed by atoms with E-state index in [9.17, 15) is 14.7 Å². The van der Waals surface area contributed by atoms with Gasteiger partial charge in [0.05, 0.1) is 0 Å². The van der Waals surface area contributed by atoms with E-state index in [1.54, 1.807) is 0 Å². The minimum absolute atomic E-state index is 0.234. The maximum Gasteiger partial charge on any atom is 0.408 e. The van der Waals surface area contributed by atoms with E-state index in [-0.39, 0.29) is 5.91 Å². The Kier molecular flexibility index (Phi) is 4.42. The van der Waals surface area contributed by atoms with Gasteiger partial charge in [0.25, 0.3) is 5.91 Å². The van der Waals surface area contributed by atoms with E-state index in [2.05, 4.69) is 5.32 Å². The maximum absolute atomic E-state index is 13.2. The number of nitrogens with one attached hydrogen (secondary N) is 1. The molecule has 5 heteroatoms. The number of carboxylic acid groups (broad SMARTS) is 1. The molecule has 1 aromatic carbocycles. The number of nitrogens with zero attached hydrogens (tertiary/aromatic N) is 1. The van der Waals surface area contributed by atoms with Gasteiger partial charge in [0.2, 0.25) is 0 Å². The van der Waals surface area contributed by atoms with Gasteiger partial charge >= 0.3 is 6.09 Å². The van der Waals surface area contributed by atoms with Gasteiger partial charge in [0.15, 0.2) is 0 Å². The fraction of sp³-hybridized carbons (Fsp3) is 0.556. The lowest BCUT2D eigenvalue weighted by Crippen LogP contribution is -2.62. The summed E-state index contributed by atoms with van der Waals surface area (Å²) in [6, 6.07) is 5.82. The molecule has 0 radical (unpaired) electrons. The molecule has 0 saturated carbocycles. The number of benzene rings is 1. The zero-order valence-electron chi connectivity index (χ0n) is 14.6. The molecule has 2 rings (SSSR count). The third-order valence-corrected chi connectivity index (χ3v) is 4.95. The summed E-state index contributed by atoms with van der Waals surface area (Å²) in [6.45, 7) is 10.1. The van der Waals surface area contributed by atoms with Gasteiger partial charge in [-0.25, -0.2) is 4.79 Å². The van der Waals surface area contributed by atoms with Crippen LogP contribution in [0.25, 0.3) is 0 Å². The number of carbonyl (C=O) groups excluding carboxylic acids is 1. The van der Waals surface area contributed by atoms with Crippen molar-refractivity contribution in [2.45, 2.75) is 53.0 Å². The summed E-state index contributed by atoms with van der Waals surface area (Å²) in [4.78, 5) is 26.2. The molecule has 1 heterocycles. The van der Waals surface area contributed by atoms with E-state index in [1.165, 1.54) is 4.90 Å². The number of rotatable bonds is 2. The molecule has 0 bridgehead atoms. The van der Waals surface area contributed by atoms with Crippen molar-refractivity contribution in [2.75, 3.05) is 11.9 Å². The maximum atomic E-state index is 13.2. The summed E-state index contributed by atoms with van der Waals surface area (Å²) in [5.41, 5.74) is 1.18. The highest BCUT2D eigenvalue weighted by molar-refractivity contribution is 6.01. The molecule has 0 spiro atoms. The third-order valence-electron chi connectivity index (χ3n) is 4.95. The first-order valence-corrected chi connectivity index (χ1v) is 7.99. The predicted molar refractivity (Wildman–Crippen MR) is 90.7 cm³/mol. The minimum atomic E-state index is -1.05. The Morgan fingerprint density at radius 2 is 1.78 bits per heavy atom. The third kappa shape index (κ3) is 2.80. The van der Waals surface area contributed by atoms with Gasteiger partial charge in [-0.05, 0) is 43.2 Å². The summed E-state index contributed by atoms with van der Waals surface area (Å²) in [5, 5.41) is 12.6. The SMILES string of the molecule is Cc1cccc(C)c1NC(=O)[C@@]1(C(C)(C)C)CCCN1C(=O)O.